The summed E-state index contributed by atoms with van der Waals surface area (Å²) in [5, 5.41) is 0. The van der Waals surface area contributed by atoms with E-state index in [1.165, 1.54) is 29.5 Å². The first-order valence-electron chi connectivity index (χ1n) is 9.46. The summed E-state index contributed by atoms with van der Waals surface area (Å²) in [4.78, 5) is 4.74. The normalized spacial score (nSPS) is 11.6. The van der Waals surface area contributed by atoms with Crippen molar-refractivity contribution in [2.24, 2.45) is 4.99 Å². The summed E-state index contributed by atoms with van der Waals surface area (Å²) in [5.41, 5.74) is 5.74. The van der Waals surface area contributed by atoms with E-state index in [0.29, 0.717) is 13.2 Å². The van der Waals surface area contributed by atoms with Gasteiger partial charge in [0.15, 0.2) is 0 Å². The highest BCUT2D eigenvalue weighted by Crippen LogP contribution is 2.21. The SMILES string of the molecule is CCCCCN=C(C)c1ccccc1COCc1cc(C)ccc1OC. The molecule has 0 spiro atoms. The molecule has 0 aromatic heterocycles. The Bertz CT molecular complexity index is 722. The van der Waals surface area contributed by atoms with Crippen molar-refractivity contribution in [2.75, 3.05) is 13.7 Å². The van der Waals surface area contributed by atoms with Gasteiger partial charge in [-0.25, -0.2) is 0 Å². The second-order valence-corrected chi connectivity index (χ2v) is 6.64. The van der Waals surface area contributed by atoms with Gasteiger partial charge in [-0.1, -0.05) is 61.7 Å². The number of aliphatic imine (C=N–C) groups is 1. The molecule has 0 amide bonds. The Labute approximate surface area is 158 Å². The third kappa shape index (κ3) is 5.99. The molecule has 0 saturated heterocycles. The Hall–Kier alpha value is -2.13. The average molecular weight is 354 g/mol. The number of aryl methyl sites for hydroxylation is 1. The van der Waals surface area contributed by atoms with Crippen LogP contribution in [0.1, 0.15) is 55.4 Å². The molecular formula is C23H31NO2. The maximum atomic E-state index is 6.00. The van der Waals surface area contributed by atoms with Crippen LogP contribution in [0.5, 0.6) is 5.75 Å². The third-order valence-electron chi connectivity index (χ3n) is 4.47. The standard InChI is InChI=1S/C23H31NO2/c1-5-6-9-14-24-19(3)22-11-8-7-10-20(22)16-26-17-21-15-18(2)12-13-23(21)25-4/h7-8,10-13,15H,5-6,9,14,16-17H2,1-4H3. The van der Waals surface area contributed by atoms with Gasteiger partial charge in [0.1, 0.15) is 5.75 Å². The minimum Gasteiger partial charge on any atom is -0.496 e. The Morgan fingerprint density at radius 1 is 1.00 bits per heavy atom. The first-order chi connectivity index (χ1) is 12.7. The van der Waals surface area contributed by atoms with Crippen molar-refractivity contribution in [1.29, 1.82) is 0 Å². The molecule has 0 fully saturated rings. The van der Waals surface area contributed by atoms with Gasteiger partial charge in [0, 0.05) is 23.4 Å². The largest absolute Gasteiger partial charge is 0.496 e. The van der Waals surface area contributed by atoms with Crippen LogP contribution in [0.3, 0.4) is 0 Å². The molecule has 2 rings (SSSR count). The van der Waals surface area contributed by atoms with Crippen LogP contribution in [0.4, 0.5) is 0 Å². The van der Waals surface area contributed by atoms with Gasteiger partial charge in [0.25, 0.3) is 0 Å². The van der Waals surface area contributed by atoms with E-state index in [4.69, 9.17) is 14.5 Å². The van der Waals surface area contributed by atoms with Crippen molar-refractivity contribution in [3.05, 3.63) is 64.7 Å². The second-order valence-electron chi connectivity index (χ2n) is 6.64. The van der Waals surface area contributed by atoms with Crippen molar-refractivity contribution in [3.8, 4) is 5.75 Å². The summed E-state index contributed by atoms with van der Waals surface area (Å²) >= 11 is 0. The summed E-state index contributed by atoms with van der Waals surface area (Å²) < 4.78 is 11.4. The van der Waals surface area contributed by atoms with E-state index in [-0.39, 0.29) is 0 Å². The molecule has 0 radical (unpaired) electrons. The molecule has 0 unspecified atom stereocenters. The van der Waals surface area contributed by atoms with E-state index in [0.717, 1.165) is 30.0 Å². The van der Waals surface area contributed by atoms with Crippen molar-refractivity contribution in [1.82, 2.24) is 0 Å². The van der Waals surface area contributed by atoms with Gasteiger partial charge >= 0.3 is 0 Å². The van der Waals surface area contributed by atoms with Crippen LogP contribution in [0.25, 0.3) is 0 Å². The fourth-order valence-electron chi connectivity index (χ4n) is 2.98. The van der Waals surface area contributed by atoms with Crippen LogP contribution in [-0.4, -0.2) is 19.4 Å². The van der Waals surface area contributed by atoms with Crippen LogP contribution < -0.4 is 4.74 Å². The van der Waals surface area contributed by atoms with Crippen LogP contribution >= 0.6 is 0 Å². The molecular weight excluding hydrogens is 322 g/mol. The molecule has 0 N–H and O–H groups in total. The van der Waals surface area contributed by atoms with E-state index in [9.17, 15) is 0 Å². The van der Waals surface area contributed by atoms with Gasteiger partial charge < -0.3 is 9.47 Å². The van der Waals surface area contributed by atoms with E-state index in [2.05, 4.69) is 57.2 Å². The number of ether oxygens (including phenoxy) is 2. The number of hydrogen-bond acceptors (Lipinski definition) is 3. The lowest BCUT2D eigenvalue weighted by molar-refractivity contribution is 0.105. The zero-order valence-electron chi connectivity index (χ0n) is 16.5. The molecule has 0 aliphatic heterocycles. The number of nitrogens with zero attached hydrogens (tertiary/aromatic N) is 1. The van der Waals surface area contributed by atoms with Crippen molar-refractivity contribution >= 4 is 5.71 Å². The monoisotopic (exact) mass is 353 g/mol. The molecule has 0 bridgehead atoms. The number of unbranched alkanes of at least 4 members (excludes halogenated alkanes) is 2. The summed E-state index contributed by atoms with van der Waals surface area (Å²) in [7, 11) is 1.70. The maximum absolute atomic E-state index is 6.00. The summed E-state index contributed by atoms with van der Waals surface area (Å²) in [6.07, 6.45) is 3.61. The van der Waals surface area contributed by atoms with Crippen molar-refractivity contribution in [2.45, 2.75) is 53.2 Å². The summed E-state index contributed by atoms with van der Waals surface area (Å²) in [6.45, 7) is 8.38. The molecule has 140 valence electrons. The maximum Gasteiger partial charge on any atom is 0.124 e. The first-order valence-corrected chi connectivity index (χ1v) is 9.46. The summed E-state index contributed by atoms with van der Waals surface area (Å²) in [5.74, 6) is 0.873. The van der Waals surface area contributed by atoms with Crippen LogP contribution in [0, 0.1) is 6.92 Å². The second kappa shape index (κ2) is 10.8. The van der Waals surface area contributed by atoms with Gasteiger partial charge in [-0.3, -0.25) is 4.99 Å². The molecule has 0 aliphatic rings. The highest BCUT2D eigenvalue weighted by atomic mass is 16.5. The fourth-order valence-corrected chi connectivity index (χ4v) is 2.98. The molecule has 0 aliphatic carbocycles. The Balaban J connectivity index is 2.01. The van der Waals surface area contributed by atoms with E-state index in [1.807, 2.05) is 6.07 Å². The minimum atomic E-state index is 0.534. The predicted octanol–water partition coefficient (Wildman–Crippen LogP) is 5.72. The minimum absolute atomic E-state index is 0.534. The lowest BCUT2D eigenvalue weighted by Gasteiger charge is -2.12. The molecule has 2 aromatic carbocycles. The quantitative estimate of drug-likeness (QED) is 0.404. The van der Waals surface area contributed by atoms with Crippen LogP contribution in [-0.2, 0) is 18.0 Å². The number of rotatable bonds is 10. The van der Waals surface area contributed by atoms with E-state index < -0.39 is 0 Å². The van der Waals surface area contributed by atoms with E-state index >= 15 is 0 Å². The molecule has 3 heteroatoms. The van der Waals surface area contributed by atoms with Gasteiger partial charge in [0.2, 0.25) is 0 Å². The van der Waals surface area contributed by atoms with Gasteiger partial charge in [0.05, 0.1) is 20.3 Å². The Kier molecular flexibility index (Phi) is 8.36. The van der Waals surface area contributed by atoms with Crippen LogP contribution in [0.2, 0.25) is 0 Å². The lowest BCUT2D eigenvalue weighted by Crippen LogP contribution is -2.04. The molecule has 26 heavy (non-hydrogen) atoms. The molecule has 0 saturated carbocycles. The highest BCUT2D eigenvalue weighted by Gasteiger charge is 2.07. The molecule has 2 aromatic rings. The number of hydrogen-bond donors (Lipinski definition) is 0. The topological polar surface area (TPSA) is 30.8 Å². The predicted molar refractivity (Wildman–Crippen MR) is 109 cm³/mol. The zero-order valence-corrected chi connectivity index (χ0v) is 16.5. The highest BCUT2D eigenvalue weighted by molar-refractivity contribution is 5.99. The third-order valence-corrected chi connectivity index (χ3v) is 4.47. The van der Waals surface area contributed by atoms with Crippen molar-refractivity contribution in [3.63, 3.8) is 0 Å². The molecule has 3 nitrogen and oxygen atoms in total. The first kappa shape index (κ1) is 20.2. The fraction of sp³-hybridized carbons (Fsp3) is 0.435. The molecule has 0 heterocycles. The van der Waals surface area contributed by atoms with Crippen LogP contribution in [0.15, 0.2) is 47.5 Å². The lowest BCUT2D eigenvalue weighted by atomic mass is 10.0. The summed E-state index contributed by atoms with van der Waals surface area (Å²) in [6, 6.07) is 14.5. The number of benzene rings is 2. The average Bonchev–Trinajstić information content (AvgIpc) is 2.66. The smallest absolute Gasteiger partial charge is 0.124 e. The van der Waals surface area contributed by atoms with Gasteiger partial charge in [-0.05, 0) is 31.9 Å². The zero-order chi connectivity index (χ0) is 18.8. The number of methoxy groups -OCH3 is 1. The van der Waals surface area contributed by atoms with Gasteiger partial charge in [-0.15, -0.1) is 0 Å². The van der Waals surface area contributed by atoms with Crippen molar-refractivity contribution < 1.29 is 9.47 Å². The Morgan fingerprint density at radius 3 is 2.54 bits per heavy atom. The Morgan fingerprint density at radius 2 is 1.77 bits per heavy atom. The van der Waals surface area contributed by atoms with E-state index in [1.54, 1.807) is 7.11 Å². The van der Waals surface area contributed by atoms with Gasteiger partial charge in [-0.2, -0.15) is 0 Å². The molecule has 0 atom stereocenters.